The Labute approximate surface area is 178 Å². The fraction of sp³-hybridized carbons (Fsp3) is 0.250. The molecule has 1 aliphatic heterocycles. The first-order valence-electron chi connectivity index (χ1n) is 10.3. The van der Waals surface area contributed by atoms with Gasteiger partial charge in [0.15, 0.2) is 0 Å². The van der Waals surface area contributed by atoms with Gasteiger partial charge in [-0.3, -0.25) is 19.2 Å². The second-order valence-corrected chi connectivity index (χ2v) is 8.88. The summed E-state index contributed by atoms with van der Waals surface area (Å²) >= 11 is 1.56. The van der Waals surface area contributed by atoms with Gasteiger partial charge in [-0.1, -0.05) is 60.7 Å². The van der Waals surface area contributed by atoms with Gasteiger partial charge in [-0.15, -0.1) is 11.3 Å². The van der Waals surface area contributed by atoms with Gasteiger partial charge in [-0.25, -0.2) is 4.79 Å². The summed E-state index contributed by atoms with van der Waals surface area (Å²) < 4.78 is 1.33. The summed E-state index contributed by atoms with van der Waals surface area (Å²) in [5.74, 6) is 0. The fourth-order valence-corrected chi connectivity index (χ4v) is 5.47. The Hall–Kier alpha value is -2.96. The number of nitrogens with one attached hydrogen (secondary N) is 1. The Balaban J connectivity index is 1.42. The highest BCUT2D eigenvalue weighted by molar-refractivity contribution is 7.18. The molecule has 0 spiro atoms. The summed E-state index contributed by atoms with van der Waals surface area (Å²) in [6.07, 6.45) is 1.86. The molecule has 0 fully saturated rings. The van der Waals surface area contributed by atoms with Crippen LogP contribution in [0.1, 0.15) is 21.6 Å². The van der Waals surface area contributed by atoms with Crippen molar-refractivity contribution in [3.05, 3.63) is 103 Å². The van der Waals surface area contributed by atoms with Crippen LogP contribution in [0.2, 0.25) is 0 Å². The molecule has 3 heterocycles. The van der Waals surface area contributed by atoms with Crippen molar-refractivity contribution < 1.29 is 0 Å². The zero-order chi connectivity index (χ0) is 20.5. The van der Waals surface area contributed by atoms with Crippen molar-refractivity contribution in [3.63, 3.8) is 0 Å². The van der Waals surface area contributed by atoms with Crippen LogP contribution in [0.25, 0.3) is 10.2 Å². The van der Waals surface area contributed by atoms with Gasteiger partial charge in [-0.05, 0) is 29.5 Å². The highest BCUT2D eigenvalue weighted by Crippen LogP contribution is 2.32. The van der Waals surface area contributed by atoms with Gasteiger partial charge in [0, 0.05) is 24.5 Å². The van der Waals surface area contributed by atoms with Crippen molar-refractivity contribution in [1.82, 2.24) is 14.5 Å². The molecular weight excluding hydrogens is 394 g/mol. The molecule has 5 rings (SSSR count). The van der Waals surface area contributed by atoms with Crippen molar-refractivity contribution in [2.24, 2.45) is 0 Å². The molecule has 1 aliphatic rings. The number of aromatic amines is 1. The first-order valence-corrected chi connectivity index (χ1v) is 11.1. The van der Waals surface area contributed by atoms with E-state index >= 15 is 0 Å². The fourth-order valence-electron chi connectivity index (χ4n) is 4.19. The van der Waals surface area contributed by atoms with E-state index in [1.54, 1.807) is 11.3 Å². The van der Waals surface area contributed by atoms with E-state index in [4.69, 9.17) is 0 Å². The smallest absolute Gasteiger partial charge is 0.298 e. The van der Waals surface area contributed by atoms with E-state index in [0.717, 1.165) is 43.6 Å². The maximum atomic E-state index is 13.2. The molecule has 152 valence electrons. The molecule has 0 saturated heterocycles. The topological polar surface area (TPSA) is 58.1 Å². The molecular formula is C24H23N3O2S. The Kier molecular flexibility index (Phi) is 5.11. The highest BCUT2D eigenvalue weighted by atomic mass is 32.1. The lowest BCUT2D eigenvalue weighted by Gasteiger charge is -2.26. The molecule has 1 N–H and O–H groups in total. The lowest BCUT2D eigenvalue weighted by molar-refractivity contribution is 0.261. The zero-order valence-corrected chi connectivity index (χ0v) is 17.5. The van der Waals surface area contributed by atoms with Gasteiger partial charge in [0.1, 0.15) is 4.83 Å². The summed E-state index contributed by atoms with van der Waals surface area (Å²) in [7, 11) is 0. The van der Waals surface area contributed by atoms with E-state index in [2.05, 4.69) is 34.1 Å². The molecule has 5 nitrogen and oxygen atoms in total. The molecule has 2 aromatic carbocycles. The molecule has 0 radical (unpaired) electrons. The van der Waals surface area contributed by atoms with E-state index < -0.39 is 0 Å². The largest absolute Gasteiger partial charge is 0.329 e. The van der Waals surface area contributed by atoms with E-state index in [1.165, 1.54) is 15.0 Å². The summed E-state index contributed by atoms with van der Waals surface area (Å²) in [5, 5.41) is 0.702. The van der Waals surface area contributed by atoms with E-state index in [9.17, 15) is 9.59 Å². The second kappa shape index (κ2) is 8.05. The number of thiophene rings is 1. The Bertz CT molecular complexity index is 1290. The minimum absolute atomic E-state index is 0.173. The van der Waals surface area contributed by atoms with Crippen LogP contribution < -0.4 is 11.2 Å². The predicted octanol–water partition coefficient (Wildman–Crippen LogP) is 3.40. The number of aromatic nitrogens is 2. The van der Waals surface area contributed by atoms with Crippen molar-refractivity contribution >= 4 is 21.6 Å². The number of benzene rings is 2. The van der Waals surface area contributed by atoms with Gasteiger partial charge in [0.05, 0.1) is 11.9 Å². The predicted molar refractivity (Wildman–Crippen MR) is 121 cm³/mol. The molecule has 0 amide bonds. The average Bonchev–Trinajstić information content (AvgIpc) is 3.14. The number of H-pyrrole nitrogens is 1. The van der Waals surface area contributed by atoms with E-state index in [-0.39, 0.29) is 11.2 Å². The third kappa shape index (κ3) is 3.64. The van der Waals surface area contributed by atoms with Crippen LogP contribution in [0.4, 0.5) is 0 Å². The van der Waals surface area contributed by atoms with Crippen LogP contribution in [-0.4, -0.2) is 27.5 Å². The van der Waals surface area contributed by atoms with Gasteiger partial charge in [0.2, 0.25) is 0 Å². The standard InChI is InChI=1S/C24H23N3O2S/c28-23-21-19-12-14-26(13-11-17-7-3-1-4-8-17)16-20(19)30-22(21)25-24(29)27(23)15-18-9-5-2-6-10-18/h1-10H,11-16H2,(H,25,29). The number of hydrogen-bond acceptors (Lipinski definition) is 4. The minimum atomic E-state index is -0.337. The van der Waals surface area contributed by atoms with Crippen LogP contribution >= 0.6 is 11.3 Å². The van der Waals surface area contributed by atoms with Crippen LogP contribution in [0.5, 0.6) is 0 Å². The Morgan fingerprint density at radius 3 is 2.37 bits per heavy atom. The number of rotatable bonds is 5. The molecule has 0 saturated carbocycles. The Morgan fingerprint density at radius 1 is 0.933 bits per heavy atom. The number of fused-ring (bicyclic) bond motifs is 3. The second-order valence-electron chi connectivity index (χ2n) is 7.78. The van der Waals surface area contributed by atoms with Crippen LogP contribution in [0.3, 0.4) is 0 Å². The van der Waals surface area contributed by atoms with Gasteiger partial charge >= 0.3 is 5.69 Å². The molecule has 0 bridgehead atoms. The third-order valence-electron chi connectivity index (χ3n) is 5.80. The summed E-state index contributed by atoms with van der Waals surface area (Å²) in [4.78, 5) is 33.1. The van der Waals surface area contributed by atoms with Crippen molar-refractivity contribution in [2.45, 2.75) is 25.9 Å². The first kappa shape index (κ1) is 19.0. The maximum Gasteiger partial charge on any atom is 0.329 e. The number of nitrogens with zero attached hydrogens (tertiary/aromatic N) is 2. The van der Waals surface area contributed by atoms with Crippen molar-refractivity contribution in [1.29, 1.82) is 0 Å². The highest BCUT2D eigenvalue weighted by Gasteiger charge is 2.24. The van der Waals surface area contributed by atoms with Gasteiger partial charge in [-0.2, -0.15) is 0 Å². The minimum Gasteiger partial charge on any atom is -0.298 e. The molecule has 30 heavy (non-hydrogen) atoms. The zero-order valence-electron chi connectivity index (χ0n) is 16.6. The SMILES string of the molecule is O=c1[nH]c2sc3c(c2c(=O)n1Cc1ccccc1)CCN(CCc1ccccc1)C3. The van der Waals surface area contributed by atoms with E-state index in [1.807, 2.05) is 36.4 Å². The summed E-state index contributed by atoms with van der Waals surface area (Å²) in [6.45, 7) is 3.05. The maximum absolute atomic E-state index is 13.2. The molecule has 6 heteroatoms. The Morgan fingerprint density at radius 2 is 1.63 bits per heavy atom. The molecule has 0 atom stereocenters. The normalized spacial score (nSPS) is 14.1. The molecule has 0 aliphatic carbocycles. The van der Waals surface area contributed by atoms with Crippen molar-refractivity contribution in [2.75, 3.05) is 13.1 Å². The first-order chi connectivity index (χ1) is 14.7. The van der Waals surface area contributed by atoms with Gasteiger partial charge < -0.3 is 0 Å². The number of hydrogen-bond donors (Lipinski definition) is 1. The van der Waals surface area contributed by atoms with Gasteiger partial charge in [0.25, 0.3) is 5.56 Å². The van der Waals surface area contributed by atoms with E-state index in [0.29, 0.717) is 16.8 Å². The monoisotopic (exact) mass is 417 g/mol. The van der Waals surface area contributed by atoms with Crippen LogP contribution in [0.15, 0.2) is 70.3 Å². The summed E-state index contributed by atoms with van der Waals surface area (Å²) in [6, 6.07) is 20.2. The quantitative estimate of drug-likeness (QED) is 0.541. The van der Waals surface area contributed by atoms with Crippen LogP contribution in [-0.2, 0) is 25.9 Å². The lowest BCUT2D eigenvalue weighted by atomic mass is 10.0. The lowest BCUT2D eigenvalue weighted by Crippen LogP contribution is -2.36. The van der Waals surface area contributed by atoms with Crippen molar-refractivity contribution in [3.8, 4) is 0 Å². The summed E-state index contributed by atoms with van der Waals surface area (Å²) in [5.41, 5.74) is 2.89. The third-order valence-corrected chi connectivity index (χ3v) is 6.94. The van der Waals surface area contributed by atoms with Crippen LogP contribution in [0, 0.1) is 0 Å². The molecule has 4 aromatic rings. The average molecular weight is 418 g/mol. The molecule has 0 unspecified atom stereocenters. The molecule has 2 aromatic heterocycles.